The topological polar surface area (TPSA) is 77.2 Å². The second kappa shape index (κ2) is 11.3. The van der Waals surface area contributed by atoms with E-state index in [1.54, 1.807) is 6.92 Å². The average molecular weight is 464 g/mol. The summed E-state index contributed by atoms with van der Waals surface area (Å²) in [5, 5.41) is 0.778. The summed E-state index contributed by atoms with van der Waals surface area (Å²) in [6.07, 6.45) is 8.73. The van der Waals surface area contributed by atoms with Gasteiger partial charge in [-0.15, -0.1) is 0 Å². The van der Waals surface area contributed by atoms with Crippen LogP contribution in [0.4, 0.5) is 0 Å². The normalized spacial score (nSPS) is 15.3. The Bertz CT molecular complexity index is 958. The van der Waals surface area contributed by atoms with Gasteiger partial charge in [-0.2, -0.15) is 11.8 Å². The van der Waals surface area contributed by atoms with Crippen molar-refractivity contribution in [1.82, 2.24) is 4.98 Å². The number of unbranched alkanes of at least 4 members (excludes halogenated alkanes) is 1. The number of carbonyl (C=O) groups excluding carboxylic acids is 1. The van der Waals surface area contributed by atoms with Crippen LogP contribution in [-0.4, -0.2) is 35.9 Å². The van der Waals surface area contributed by atoms with Crippen LogP contribution in [0, 0.1) is 13.8 Å². The summed E-state index contributed by atoms with van der Waals surface area (Å²) in [5.41, 5.74) is 2.31. The van der Waals surface area contributed by atoms with Crippen LogP contribution in [0.15, 0.2) is 28.7 Å². The molecule has 0 saturated heterocycles. The Morgan fingerprint density at radius 1 is 1.10 bits per heavy atom. The molecule has 0 amide bonds. The zero-order chi connectivity index (χ0) is 22.3. The third-order valence-corrected chi connectivity index (χ3v) is 8.63. The lowest BCUT2D eigenvalue weighted by Gasteiger charge is -2.20. The molecule has 0 spiro atoms. The fourth-order valence-corrected chi connectivity index (χ4v) is 6.66. The highest BCUT2D eigenvalue weighted by Gasteiger charge is 2.22. The van der Waals surface area contributed by atoms with Crippen molar-refractivity contribution in [2.24, 2.45) is 0 Å². The molecule has 170 valence electrons. The lowest BCUT2D eigenvalue weighted by molar-refractivity contribution is -0.116. The number of rotatable bonds is 11. The van der Waals surface area contributed by atoms with Gasteiger partial charge in [0.1, 0.15) is 17.3 Å². The summed E-state index contributed by atoms with van der Waals surface area (Å²) in [5.74, 6) is 1.05. The molecule has 2 aromatic rings. The number of ketones is 1. The van der Waals surface area contributed by atoms with Gasteiger partial charge in [0.2, 0.25) is 5.89 Å². The average Bonchev–Trinajstić information content (AvgIpc) is 3.08. The molecule has 1 aliphatic rings. The van der Waals surface area contributed by atoms with E-state index < -0.39 is 15.6 Å². The van der Waals surface area contributed by atoms with Crippen molar-refractivity contribution in [1.29, 1.82) is 0 Å². The van der Waals surface area contributed by atoms with Gasteiger partial charge in [0, 0.05) is 17.2 Å². The zero-order valence-corrected chi connectivity index (χ0v) is 20.2. The van der Waals surface area contributed by atoms with Gasteiger partial charge in [0.05, 0.1) is 11.4 Å². The maximum absolute atomic E-state index is 12.5. The van der Waals surface area contributed by atoms with E-state index >= 15 is 0 Å². The molecule has 0 N–H and O–H groups in total. The minimum atomic E-state index is -3.57. The number of benzene rings is 1. The van der Waals surface area contributed by atoms with E-state index in [0.717, 1.165) is 35.0 Å². The Morgan fingerprint density at radius 2 is 1.81 bits per heavy atom. The van der Waals surface area contributed by atoms with E-state index in [2.05, 4.69) is 4.98 Å². The number of sulfone groups is 1. The Labute approximate surface area is 190 Å². The first-order valence-electron chi connectivity index (χ1n) is 11.2. The fraction of sp³-hybridized carbons (Fsp3) is 0.583. The zero-order valence-electron chi connectivity index (χ0n) is 18.6. The maximum Gasteiger partial charge on any atom is 0.226 e. The number of hydrogen-bond acceptors (Lipinski definition) is 6. The van der Waals surface area contributed by atoms with Crippen molar-refractivity contribution in [2.75, 3.05) is 11.5 Å². The molecule has 1 aliphatic carbocycles. The van der Waals surface area contributed by atoms with Crippen LogP contribution < -0.4 is 0 Å². The van der Waals surface area contributed by atoms with Crippen molar-refractivity contribution in [2.45, 2.75) is 76.2 Å². The van der Waals surface area contributed by atoms with E-state index in [1.165, 1.54) is 32.1 Å². The number of carbonyl (C=O) groups is 1. The summed E-state index contributed by atoms with van der Waals surface area (Å²) >= 11 is 2.02. The highest BCUT2D eigenvalue weighted by molar-refractivity contribution is 7.99. The monoisotopic (exact) mass is 463 g/mol. The number of hydrogen-bond donors (Lipinski definition) is 0. The molecule has 0 aliphatic heterocycles. The first-order valence-corrected chi connectivity index (χ1v) is 14.1. The van der Waals surface area contributed by atoms with Gasteiger partial charge in [-0.25, -0.2) is 13.4 Å². The number of Topliss-reactive ketones (excluding diaryl/α,β-unsaturated/α-hetero) is 1. The second-order valence-corrected chi connectivity index (χ2v) is 12.0. The first kappa shape index (κ1) is 24.1. The van der Waals surface area contributed by atoms with Crippen LogP contribution in [-0.2, 0) is 20.4 Å². The molecule has 0 radical (unpaired) electrons. The molecule has 1 aromatic carbocycles. The van der Waals surface area contributed by atoms with Gasteiger partial charge in [-0.1, -0.05) is 37.0 Å². The van der Waals surface area contributed by atoms with Crippen LogP contribution >= 0.6 is 11.8 Å². The molecule has 5 nitrogen and oxygen atoms in total. The Balaban J connectivity index is 1.44. The molecule has 0 bridgehead atoms. The molecule has 1 saturated carbocycles. The van der Waals surface area contributed by atoms with Gasteiger partial charge in [0.25, 0.3) is 0 Å². The van der Waals surface area contributed by atoms with E-state index in [0.29, 0.717) is 23.8 Å². The standard InChI is InChI=1S/C24H33NO4S2/c1-18-11-13-20(14-12-18)24-25-23(19(2)29-24)17-31(27,28)16-21(26)8-6-7-15-30-22-9-4-3-5-10-22/h11-14,22H,3-10,15-17H2,1-2H3. The van der Waals surface area contributed by atoms with Crippen LogP contribution in [0.3, 0.4) is 0 Å². The molecule has 1 fully saturated rings. The molecule has 1 heterocycles. The van der Waals surface area contributed by atoms with E-state index in [1.807, 2.05) is 43.0 Å². The predicted molar refractivity (Wildman–Crippen MR) is 127 cm³/mol. The summed E-state index contributed by atoms with van der Waals surface area (Å²) in [6, 6.07) is 7.71. The van der Waals surface area contributed by atoms with E-state index in [9.17, 15) is 13.2 Å². The van der Waals surface area contributed by atoms with Gasteiger partial charge in [-0.3, -0.25) is 4.79 Å². The highest BCUT2D eigenvalue weighted by atomic mass is 32.2. The van der Waals surface area contributed by atoms with Gasteiger partial charge in [-0.05, 0) is 57.4 Å². The smallest absolute Gasteiger partial charge is 0.226 e. The molecule has 31 heavy (non-hydrogen) atoms. The number of aromatic nitrogens is 1. The molecular weight excluding hydrogens is 430 g/mol. The number of thioether (sulfide) groups is 1. The van der Waals surface area contributed by atoms with Gasteiger partial charge in [0.15, 0.2) is 9.84 Å². The van der Waals surface area contributed by atoms with Crippen molar-refractivity contribution < 1.29 is 17.6 Å². The summed E-state index contributed by atoms with van der Waals surface area (Å²) in [6.45, 7) is 3.70. The molecular formula is C24H33NO4S2. The molecule has 3 rings (SSSR count). The van der Waals surface area contributed by atoms with Crippen LogP contribution in [0.2, 0.25) is 0 Å². The Hall–Kier alpha value is -1.60. The van der Waals surface area contributed by atoms with Crippen molar-refractivity contribution >= 4 is 27.4 Å². The summed E-state index contributed by atoms with van der Waals surface area (Å²) in [4.78, 5) is 16.6. The minimum Gasteiger partial charge on any atom is -0.441 e. The fourth-order valence-electron chi connectivity index (χ4n) is 3.86. The van der Waals surface area contributed by atoms with Crippen LogP contribution in [0.5, 0.6) is 0 Å². The number of oxazole rings is 1. The maximum atomic E-state index is 12.5. The highest BCUT2D eigenvalue weighted by Crippen LogP contribution is 2.29. The SMILES string of the molecule is Cc1ccc(-c2nc(CS(=O)(=O)CC(=O)CCCCSC3CCCCC3)c(C)o2)cc1. The quantitative estimate of drug-likeness (QED) is 0.399. The third-order valence-electron chi connectivity index (χ3n) is 5.68. The van der Waals surface area contributed by atoms with Crippen molar-refractivity contribution in [3.05, 3.63) is 41.3 Å². The lowest BCUT2D eigenvalue weighted by atomic mass is 10.0. The minimum absolute atomic E-state index is 0.206. The van der Waals surface area contributed by atoms with E-state index in [-0.39, 0.29) is 11.5 Å². The van der Waals surface area contributed by atoms with Crippen molar-refractivity contribution in [3.63, 3.8) is 0 Å². The van der Waals surface area contributed by atoms with E-state index in [4.69, 9.17) is 4.42 Å². The Kier molecular flexibility index (Phi) is 8.78. The lowest BCUT2D eigenvalue weighted by Crippen LogP contribution is -2.18. The molecule has 0 atom stereocenters. The largest absolute Gasteiger partial charge is 0.441 e. The summed E-state index contributed by atoms with van der Waals surface area (Å²) < 4.78 is 30.8. The molecule has 1 aromatic heterocycles. The Morgan fingerprint density at radius 3 is 2.52 bits per heavy atom. The molecule has 0 unspecified atom stereocenters. The number of aryl methyl sites for hydroxylation is 2. The van der Waals surface area contributed by atoms with Crippen LogP contribution in [0.25, 0.3) is 11.5 Å². The van der Waals surface area contributed by atoms with Gasteiger partial charge >= 0.3 is 0 Å². The number of nitrogens with zero attached hydrogens (tertiary/aromatic N) is 1. The third kappa shape index (κ3) is 7.79. The van der Waals surface area contributed by atoms with Gasteiger partial charge < -0.3 is 4.42 Å². The first-order chi connectivity index (χ1) is 14.8. The second-order valence-electron chi connectivity index (χ2n) is 8.55. The molecule has 7 heteroatoms. The van der Waals surface area contributed by atoms with Crippen molar-refractivity contribution in [3.8, 4) is 11.5 Å². The van der Waals surface area contributed by atoms with Crippen LogP contribution in [0.1, 0.15) is 68.4 Å². The predicted octanol–water partition coefficient (Wildman–Crippen LogP) is 5.68. The summed E-state index contributed by atoms with van der Waals surface area (Å²) in [7, 11) is -3.57.